The van der Waals surface area contributed by atoms with Crippen LogP contribution in [0.1, 0.15) is 113 Å². The van der Waals surface area contributed by atoms with E-state index in [1.165, 1.54) is 51.0 Å². The molecule has 2 aliphatic rings. The molecule has 0 amide bonds. The summed E-state index contributed by atoms with van der Waals surface area (Å²) < 4.78 is 105. The molecule has 0 heterocycles. The highest BCUT2D eigenvalue weighted by Gasteiger charge is 2.44. The van der Waals surface area contributed by atoms with Crippen molar-refractivity contribution in [3.8, 4) is 16.9 Å². The molecule has 2 saturated carbocycles. The van der Waals surface area contributed by atoms with Crippen LogP contribution in [0.5, 0.6) is 5.75 Å². The number of alkyl halides is 2. The minimum Gasteiger partial charge on any atom is -0.432 e. The van der Waals surface area contributed by atoms with E-state index in [9.17, 15) is 22.0 Å². The Hall–Kier alpha value is -3.03. The van der Waals surface area contributed by atoms with E-state index < -0.39 is 41.0 Å². The maximum Gasteiger partial charge on any atom is 0.400 e. The van der Waals surface area contributed by atoms with Crippen molar-refractivity contribution >= 4 is 0 Å². The topological polar surface area (TPSA) is 9.23 Å². The van der Waals surface area contributed by atoms with E-state index in [0.717, 1.165) is 24.3 Å². The zero-order valence-corrected chi connectivity index (χ0v) is 25.7. The SMILES string of the molecule is CCCCCCC1CCC(c2ccc(-c3ccc(C4CCC(C(F)(F)Oc5cc(F)c(F)c(F)c5)CC4)c(F)c3)c(F)c2)CC1. The van der Waals surface area contributed by atoms with Gasteiger partial charge < -0.3 is 4.74 Å². The van der Waals surface area contributed by atoms with Gasteiger partial charge in [0, 0.05) is 17.7 Å². The molecule has 0 spiro atoms. The fraction of sp³-hybridized carbons (Fsp3) is 0.514. The van der Waals surface area contributed by atoms with Gasteiger partial charge in [0.15, 0.2) is 17.5 Å². The predicted octanol–water partition coefficient (Wildman–Crippen LogP) is 12.2. The molecule has 8 heteroatoms. The van der Waals surface area contributed by atoms with Crippen LogP contribution >= 0.6 is 0 Å². The summed E-state index contributed by atoms with van der Waals surface area (Å²) in [6.07, 6.45) is 7.60. The lowest BCUT2D eigenvalue weighted by molar-refractivity contribution is -0.222. The molecule has 1 nitrogen and oxygen atoms in total. The molecular formula is C37H41F7O. The van der Waals surface area contributed by atoms with Crippen LogP contribution in [0, 0.1) is 40.9 Å². The second kappa shape index (κ2) is 14.6. The Morgan fingerprint density at radius 2 is 1.33 bits per heavy atom. The molecule has 0 N–H and O–H groups in total. The Labute approximate surface area is 261 Å². The molecule has 0 bridgehead atoms. The average Bonchev–Trinajstić information content (AvgIpc) is 3.02. The molecule has 244 valence electrons. The number of benzene rings is 3. The van der Waals surface area contributed by atoms with Crippen LogP contribution in [-0.2, 0) is 0 Å². The Balaban J connectivity index is 1.17. The van der Waals surface area contributed by atoms with Gasteiger partial charge in [-0.15, -0.1) is 0 Å². The largest absolute Gasteiger partial charge is 0.432 e. The molecule has 0 aromatic heterocycles. The van der Waals surface area contributed by atoms with Crippen LogP contribution < -0.4 is 4.74 Å². The molecule has 45 heavy (non-hydrogen) atoms. The van der Waals surface area contributed by atoms with Crippen molar-refractivity contribution in [3.05, 3.63) is 88.7 Å². The lowest BCUT2D eigenvalue weighted by Crippen LogP contribution is -2.37. The van der Waals surface area contributed by atoms with Crippen LogP contribution in [0.2, 0.25) is 0 Å². The normalized spacial score (nSPS) is 22.4. The number of rotatable bonds is 11. The summed E-state index contributed by atoms with van der Waals surface area (Å²) in [5, 5.41) is 0. The van der Waals surface area contributed by atoms with Crippen LogP contribution in [-0.4, -0.2) is 6.11 Å². The van der Waals surface area contributed by atoms with E-state index in [-0.39, 0.29) is 37.4 Å². The van der Waals surface area contributed by atoms with Gasteiger partial charge in [-0.1, -0.05) is 63.3 Å². The number of unbranched alkanes of at least 4 members (excludes halogenated alkanes) is 3. The molecule has 3 aromatic carbocycles. The molecule has 2 aliphatic carbocycles. The zero-order chi connectivity index (χ0) is 32.1. The van der Waals surface area contributed by atoms with Gasteiger partial charge >= 0.3 is 6.11 Å². The molecule has 0 atom stereocenters. The van der Waals surface area contributed by atoms with Crippen molar-refractivity contribution in [3.63, 3.8) is 0 Å². The molecule has 0 saturated heterocycles. The van der Waals surface area contributed by atoms with Crippen LogP contribution in [0.15, 0.2) is 48.5 Å². The van der Waals surface area contributed by atoms with Crippen molar-refractivity contribution < 1.29 is 35.5 Å². The molecule has 5 rings (SSSR count). The van der Waals surface area contributed by atoms with Gasteiger partial charge in [-0.3, -0.25) is 0 Å². The fourth-order valence-electron chi connectivity index (χ4n) is 7.26. The number of hydrogen-bond donors (Lipinski definition) is 0. The van der Waals surface area contributed by atoms with Gasteiger partial charge in [-0.25, -0.2) is 22.0 Å². The van der Waals surface area contributed by atoms with E-state index in [1.807, 2.05) is 6.07 Å². The van der Waals surface area contributed by atoms with Gasteiger partial charge in [-0.05, 0) is 97.9 Å². The number of halogens is 7. The highest BCUT2D eigenvalue weighted by Crippen LogP contribution is 2.45. The summed E-state index contributed by atoms with van der Waals surface area (Å²) in [7, 11) is 0. The van der Waals surface area contributed by atoms with E-state index in [4.69, 9.17) is 0 Å². The summed E-state index contributed by atoms with van der Waals surface area (Å²) in [6.45, 7) is 2.22. The maximum absolute atomic E-state index is 15.3. The van der Waals surface area contributed by atoms with E-state index in [1.54, 1.807) is 24.3 Å². The Bertz CT molecular complexity index is 1420. The van der Waals surface area contributed by atoms with E-state index >= 15 is 8.78 Å². The molecule has 2 fully saturated rings. The number of hydrogen-bond acceptors (Lipinski definition) is 1. The minimum atomic E-state index is -3.75. The quantitative estimate of drug-likeness (QED) is 0.116. The highest BCUT2D eigenvalue weighted by molar-refractivity contribution is 5.65. The predicted molar refractivity (Wildman–Crippen MR) is 162 cm³/mol. The molecule has 0 radical (unpaired) electrons. The van der Waals surface area contributed by atoms with Gasteiger partial charge in [0.1, 0.15) is 17.4 Å². The van der Waals surface area contributed by atoms with Gasteiger partial charge in [0.2, 0.25) is 0 Å². The van der Waals surface area contributed by atoms with E-state index in [0.29, 0.717) is 34.7 Å². The van der Waals surface area contributed by atoms with Crippen LogP contribution in [0.3, 0.4) is 0 Å². The smallest absolute Gasteiger partial charge is 0.400 e. The van der Waals surface area contributed by atoms with Crippen molar-refractivity contribution in [2.45, 2.75) is 108 Å². The average molecular weight is 635 g/mol. The highest BCUT2D eigenvalue weighted by atomic mass is 19.3. The Morgan fingerprint density at radius 1 is 0.667 bits per heavy atom. The molecule has 3 aromatic rings. The maximum atomic E-state index is 15.3. The first kappa shape index (κ1) is 33.3. The third-order valence-electron chi connectivity index (χ3n) is 9.94. The standard InChI is InChI=1S/C37H41F7O/c1-2-3-4-5-6-23-7-9-24(10-8-23)26-13-17-31(32(38)19-26)27-14-18-30(33(39)20-27)25-11-15-28(16-12-25)37(43,44)45-29-21-34(40)36(42)35(41)22-29/h13-14,17-25,28H,2-12,15-16H2,1H3. The Morgan fingerprint density at radius 3 is 1.96 bits per heavy atom. The second-order valence-corrected chi connectivity index (χ2v) is 13.0. The zero-order valence-electron chi connectivity index (χ0n) is 25.7. The summed E-state index contributed by atoms with van der Waals surface area (Å²) in [5.74, 6) is -7.19. The summed E-state index contributed by atoms with van der Waals surface area (Å²) in [6, 6.07) is 10.6. The van der Waals surface area contributed by atoms with Crippen molar-refractivity contribution in [2.24, 2.45) is 11.8 Å². The van der Waals surface area contributed by atoms with E-state index in [2.05, 4.69) is 11.7 Å². The third-order valence-corrected chi connectivity index (χ3v) is 9.94. The summed E-state index contributed by atoms with van der Waals surface area (Å²) in [4.78, 5) is 0. The van der Waals surface area contributed by atoms with Gasteiger partial charge in [-0.2, -0.15) is 8.78 Å². The lowest BCUT2D eigenvalue weighted by atomic mass is 9.76. The van der Waals surface area contributed by atoms with Crippen molar-refractivity contribution in [2.75, 3.05) is 0 Å². The lowest BCUT2D eigenvalue weighted by Gasteiger charge is -2.33. The van der Waals surface area contributed by atoms with Crippen molar-refractivity contribution in [1.82, 2.24) is 0 Å². The first-order valence-electron chi connectivity index (χ1n) is 16.4. The van der Waals surface area contributed by atoms with Crippen LogP contribution in [0.4, 0.5) is 30.7 Å². The van der Waals surface area contributed by atoms with Gasteiger partial charge in [0.05, 0.1) is 5.92 Å². The first-order chi connectivity index (χ1) is 21.6. The third kappa shape index (κ3) is 8.04. The van der Waals surface area contributed by atoms with Crippen molar-refractivity contribution in [1.29, 1.82) is 0 Å². The molecule has 0 aliphatic heterocycles. The first-order valence-corrected chi connectivity index (χ1v) is 16.4. The Kier molecular flexibility index (Phi) is 10.8. The molecular weight excluding hydrogens is 593 g/mol. The monoisotopic (exact) mass is 634 g/mol. The van der Waals surface area contributed by atoms with Crippen LogP contribution in [0.25, 0.3) is 11.1 Å². The van der Waals surface area contributed by atoms with Gasteiger partial charge in [0.25, 0.3) is 0 Å². The summed E-state index contributed by atoms with van der Waals surface area (Å²) >= 11 is 0. The minimum absolute atomic E-state index is 0.0120. The second-order valence-electron chi connectivity index (χ2n) is 13.0. The summed E-state index contributed by atoms with van der Waals surface area (Å²) in [5.41, 5.74) is 2.11. The fourth-order valence-corrected chi connectivity index (χ4v) is 7.26. The number of ether oxygens (including phenoxy) is 1. The molecule has 0 unspecified atom stereocenters.